The van der Waals surface area contributed by atoms with E-state index in [-0.39, 0.29) is 0 Å². The third-order valence-electron chi connectivity index (χ3n) is 9.37. The molecule has 5 heteroatoms. The van der Waals surface area contributed by atoms with E-state index in [2.05, 4.69) is 91.0 Å². The van der Waals surface area contributed by atoms with Crippen LogP contribution in [-0.4, -0.2) is 19.9 Å². The van der Waals surface area contributed by atoms with Crippen molar-refractivity contribution in [2.75, 3.05) is 0 Å². The lowest BCUT2D eigenvalue weighted by Gasteiger charge is -2.13. The molecule has 0 radical (unpaired) electrons. The molecule has 10 aromatic rings. The second kappa shape index (κ2) is 10.9. The third kappa shape index (κ3) is 4.55. The van der Waals surface area contributed by atoms with Gasteiger partial charge in [-0.1, -0.05) is 121 Å². The summed E-state index contributed by atoms with van der Waals surface area (Å²) in [6.07, 6.45) is 1.87. The Labute approximate surface area is 281 Å². The number of nitrogens with zero attached hydrogens (tertiary/aromatic N) is 4. The molecule has 0 atom stereocenters. The molecule has 0 spiro atoms. The molecule has 0 aliphatic carbocycles. The summed E-state index contributed by atoms with van der Waals surface area (Å²) in [6, 6.07) is 52.2. The van der Waals surface area contributed by atoms with Gasteiger partial charge in [0.2, 0.25) is 0 Å². The Bertz CT molecular complexity index is 2880. The fraction of sp³-hybridized carbons (Fsp3) is 0. The van der Waals surface area contributed by atoms with Gasteiger partial charge in [0.05, 0.1) is 5.52 Å². The minimum atomic E-state index is 0.593. The SMILES string of the molecule is c1ccc(-c2nc(-c3ccc(-c4cc5c(ccc6cccnc65)c5ccccc45)cc3)nc(-c3ccc4c(c3)oc3ccccc34)n2)cc1. The lowest BCUT2D eigenvalue weighted by molar-refractivity contribution is 0.669. The predicted molar refractivity (Wildman–Crippen MR) is 199 cm³/mol. The summed E-state index contributed by atoms with van der Waals surface area (Å²) in [4.78, 5) is 19.7. The fourth-order valence-electron chi connectivity index (χ4n) is 6.98. The van der Waals surface area contributed by atoms with Crippen molar-refractivity contribution in [2.45, 2.75) is 0 Å². The second-order valence-electron chi connectivity index (χ2n) is 12.3. The molecule has 0 fully saturated rings. The topological polar surface area (TPSA) is 64.7 Å². The molecule has 0 saturated heterocycles. The van der Waals surface area contributed by atoms with Gasteiger partial charge in [0.1, 0.15) is 11.2 Å². The van der Waals surface area contributed by atoms with E-state index in [1.165, 1.54) is 16.2 Å². The zero-order valence-electron chi connectivity index (χ0n) is 26.2. The van der Waals surface area contributed by atoms with E-state index in [1.807, 2.05) is 66.9 Å². The van der Waals surface area contributed by atoms with Crippen molar-refractivity contribution in [3.05, 3.63) is 158 Å². The smallest absolute Gasteiger partial charge is 0.164 e. The molecule has 0 N–H and O–H groups in total. The van der Waals surface area contributed by atoms with Crippen LogP contribution in [0.2, 0.25) is 0 Å². The quantitative estimate of drug-likeness (QED) is 0.182. The standard InChI is InChI=1S/C44H26N4O/c1-2-9-29(10-3-1)42-46-43(48-44(47-42)31-21-23-36-35-14-6-7-15-39(35)49-40(36)25-31)30-18-16-27(17-19-30)37-26-38-34(32-12-4-5-13-33(32)37)22-20-28-11-8-24-45-41(28)38/h1-26H. The summed E-state index contributed by atoms with van der Waals surface area (Å²) in [6.45, 7) is 0. The van der Waals surface area contributed by atoms with E-state index < -0.39 is 0 Å². The van der Waals surface area contributed by atoms with Crippen molar-refractivity contribution in [3.8, 4) is 45.3 Å². The maximum absolute atomic E-state index is 6.21. The molecule has 0 aliphatic heterocycles. The van der Waals surface area contributed by atoms with Gasteiger partial charge in [0, 0.05) is 44.4 Å². The molecule has 7 aromatic carbocycles. The van der Waals surface area contributed by atoms with Gasteiger partial charge in [-0.3, -0.25) is 4.98 Å². The molecule has 228 valence electrons. The summed E-state index contributed by atoms with van der Waals surface area (Å²) in [5, 5.41) is 8.05. The fourth-order valence-corrected chi connectivity index (χ4v) is 6.98. The predicted octanol–water partition coefficient (Wildman–Crippen LogP) is 11.3. The molecule has 3 heterocycles. The lowest BCUT2D eigenvalue weighted by atomic mass is 9.92. The number of pyridine rings is 1. The Morgan fingerprint density at radius 3 is 1.78 bits per heavy atom. The number of fused-ring (bicyclic) bond motifs is 8. The first-order chi connectivity index (χ1) is 24.3. The maximum Gasteiger partial charge on any atom is 0.164 e. The highest BCUT2D eigenvalue weighted by Crippen LogP contribution is 2.38. The van der Waals surface area contributed by atoms with Gasteiger partial charge in [0.15, 0.2) is 17.5 Å². The molecule has 5 nitrogen and oxygen atoms in total. The summed E-state index contributed by atoms with van der Waals surface area (Å²) >= 11 is 0. The first-order valence-electron chi connectivity index (χ1n) is 16.3. The van der Waals surface area contributed by atoms with Crippen LogP contribution in [0.15, 0.2) is 162 Å². The molecule has 3 aromatic heterocycles. The first kappa shape index (κ1) is 27.4. The molecule has 0 unspecified atom stereocenters. The maximum atomic E-state index is 6.21. The number of hydrogen-bond acceptors (Lipinski definition) is 5. The van der Waals surface area contributed by atoms with Crippen LogP contribution in [0.4, 0.5) is 0 Å². The zero-order valence-corrected chi connectivity index (χ0v) is 26.2. The average molecular weight is 627 g/mol. The highest BCUT2D eigenvalue weighted by molar-refractivity contribution is 6.20. The number of rotatable bonds is 4. The van der Waals surface area contributed by atoms with E-state index in [9.17, 15) is 0 Å². The van der Waals surface area contributed by atoms with Crippen molar-refractivity contribution < 1.29 is 4.42 Å². The van der Waals surface area contributed by atoms with Crippen LogP contribution in [0.25, 0.3) is 99.7 Å². The van der Waals surface area contributed by atoms with E-state index in [0.29, 0.717) is 17.5 Å². The summed E-state index contributed by atoms with van der Waals surface area (Å²) in [5.41, 5.74) is 7.65. The lowest BCUT2D eigenvalue weighted by Crippen LogP contribution is -2.00. The number of para-hydroxylation sites is 1. The van der Waals surface area contributed by atoms with Gasteiger partial charge < -0.3 is 4.42 Å². The zero-order chi connectivity index (χ0) is 32.3. The van der Waals surface area contributed by atoms with Crippen molar-refractivity contribution in [1.29, 1.82) is 0 Å². The van der Waals surface area contributed by atoms with Gasteiger partial charge in [-0.15, -0.1) is 0 Å². The minimum Gasteiger partial charge on any atom is -0.456 e. The molecule has 0 amide bonds. The molecule has 0 bridgehead atoms. The molecule has 0 aliphatic rings. The average Bonchev–Trinajstić information content (AvgIpc) is 3.56. The van der Waals surface area contributed by atoms with Crippen molar-refractivity contribution >= 4 is 54.4 Å². The Morgan fingerprint density at radius 2 is 0.959 bits per heavy atom. The molecule has 0 saturated carbocycles. The Hall–Kier alpha value is -6.72. The summed E-state index contributed by atoms with van der Waals surface area (Å²) in [5.74, 6) is 1.82. The number of hydrogen-bond donors (Lipinski definition) is 0. The second-order valence-corrected chi connectivity index (χ2v) is 12.3. The molecular weight excluding hydrogens is 601 g/mol. The van der Waals surface area contributed by atoms with Crippen LogP contribution in [0.1, 0.15) is 0 Å². The van der Waals surface area contributed by atoms with Crippen LogP contribution in [0, 0.1) is 0 Å². The van der Waals surface area contributed by atoms with Crippen LogP contribution < -0.4 is 0 Å². The largest absolute Gasteiger partial charge is 0.456 e. The van der Waals surface area contributed by atoms with Crippen LogP contribution >= 0.6 is 0 Å². The third-order valence-corrected chi connectivity index (χ3v) is 9.37. The van der Waals surface area contributed by atoms with E-state index in [1.54, 1.807) is 0 Å². The van der Waals surface area contributed by atoms with Crippen LogP contribution in [0.3, 0.4) is 0 Å². The summed E-state index contributed by atoms with van der Waals surface area (Å²) < 4.78 is 6.21. The first-order valence-corrected chi connectivity index (χ1v) is 16.3. The minimum absolute atomic E-state index is 0.593. The Balaban J connectivity index is 1.11. The number of aromatic nitrogens is 4. The number of benzene rings is 7. The Morgan fingerprint density at radius 1 is 0.367 bits per heavy atom. The van der Waals surface area contributed by atoms with E-state index >= 15 is 0 Å². The highest BCUT2D eigenvalue weighted by atomic mass is 16.3. The number of furan rings is 1. The van der Waals surface area contributed by atoms with Gasteiger partial charge in [-0.25, -0.2) is 15.0 Å². The van der Waals surface area contributed by atoms with Crippen molar-refractivity contribution in [1.82, 2.24) is 19.9 Å². The Kier molecular flexibility index (Phi) is 6.11. The van der Waals surface area contributed by atoms with Crippen LogP contribution in [0.5, 0.6) is 0 Å². The van der Waals surface area contributed by atoms with Crippen molar-refractivity contribution in [3.63, 3.8) is 0 Å². The van der Waals surface area contributed by atoms with E-state index in [4.69, 9.17) is 24.4 Å². The van der Waals surface area contributed by atoms with Crippen LogP contribution in [-0.2, 0) is 0 Å². The summed E-state index contributed by atoms with van der Waals surface area (Å²) in [7, 11) is 0. The van der Waals surface area contributed by atoms with Gasteiger partial charge in [-0.2, -0.15) is 0 Å². The highest BCUT2D eigenvalue weighted by Gasteiger charge is 2.16. The van der Waals surface area contributed by atoms with Gasteiger partial charge in [-0.05, 0) is 57.6 Å². The normalized spacial score (nSPS) is 11.7. The van der Waals surface area contributed by atoms with Crippen molar-refractivity contribution in [2.24, 2.45) is 0 Å². The molecule has 49 heavy (non-hydrogen) atoms. The van der Waals surface area contributed by atoms with Gasteiger partial charge >= 0.3 is 0 Å². The van der Waals surface area contributed by atoms with E-state index in [0.717, 1.165) is 66.0 Å². The van der Waals surface area contributed by atoms with Gasteiger partial charge in [0.25, 0.3) is 0 Å². The monoisotopic (exact) mass is 626 g/mol. The molecular formula is C44H26N4O. The molecule has 10 rings (SSSR count).